The Hall–Kier alpha value is -2.89. The predicted molar refractivity (Wildman–Crippen MR) is 101 cm³/mol. The van der Waals surface area contributed by atoms with Gasteiger partial charge < -0.3 is 10.2 Å². The summed E-state index contributed by atoms with van der Waals surface area (Å²) in [6.45, 7) is 5.65. The van der Waals surface area contributed by atoms with E-state index in [2.05, 4.69) is 24.3 Å². The number of rotatable bonds is 5. The van der Waals surface area contributed by atoms with Crippen LogP contribution in [0.4, 0.5) is 5.82 Å². The van der Waals surface area contributed by atoms with Gasteiger partial charge in [-0.3, -0.25) is 9.59 Å². The number of nitrogens with one attached hydrogen (secondary N) is 1. The van der Waals surface area contributed by atoms with E-state index >= 15 is 0 Å². The summed E-state index contributed by atoms with van der Waals surface area (Å²) >= 11 is 0. The lowest BCUT2D eigenvalue weighted by molar-refractivity contribution is -0.129. The number of carbonyl (C=O) groups is 2. The molecule has 1 aromatic carbocycles. The number of fused-ring (bicyclic) bond motifs is 1. The number of hydrogen-bond acceptors (Lipinski definition) is 3. The highest BCUT2D eigenvalue weighted by atomic mass is 16.2. The molecule has 0 aliphatic carbocycles. The van der Waals surface area contributed by atoms with Crippen LogP contribution in [0.5, 0.6) is 0 Å². The molecule has 2 aromatic rings. The number of amides is 2. The Morgan fingerprint density at radius 1 is 1.27 bits per heavy atom. The predicted octanol–water partition coefficient (Wildman–Crippen LogP) is 3.76. The molecule has 1 aliphatic heterocycles. The minimum atomic E-state index is -0.311. The zero-order valence-electron chi connectivity index (χ0n) is 15.3. The second-order valence-corrected chi connectivity index (χ2v) is 6.56. The van der Waals surface area contributed by atoms with Crippen LogP contribution < -0.4 is 5.32 Å². The van der Waals surface area contributed by atoms with Gasteiger partial charge in [-0.05, 0) is 30.5 Å². The second-order valence-electron chi connectivity index (χ2n) is 6.56. The van der Waals surface area contributed by atoms with Crippen molar-refractivity contribution < 1.29 is 9.59 Å². The molecular weight excluding hydrogens is 328 g/mol. The first kappa shape index (κ1) is 17.9. The monoisotopic (exact) mass is 352 g/mol. The molecule has 1 aliphatic rings. The van der Waals surface area contributed by atoms with Crippen LogP contribution in [0.2, 0.25) is 0 Å². The van der Waals surface area contributed by atoms with Crippen LogP contribution >= 0.6 is 0 Å². The maximum absolute atomic E-state index is 12.7. The van der Waals surface area contributed by atoms with Crippen molar-refractivity contribution in [2.24, 2.45) is 0 Å². The molecule has 6 nitrogen and oxygen atoms in total. The molecular formula is C20H24N4O2. The van der Waals surface area contributed by atoms with Crippen LogP contribution in [0.3, 0.4) is 0 Å². The molecule has 0 saturated heterocycles. The zero-order valence-corrected chi connectivity index (χ0v) is 15.3. The zero-order chi connectivity index (χ0) is 18.7. The Balaban J connectivity index is 1.80. The van der Waals surface area contributed by atoms with E-state index in [9.17, 15) is 9.59 Å². The van der Waals surface area contributed by atoms with Gasteiger partial charge in [-0.25, -0.2) is 4.68 Å². The summed E-state index contributed by atoms with van der Waals surface area (Å²) in [5, 5.41) is 7.23. The van der Waals surface area contributed by atoms with Gasteiger partial charge in [-0.1, -0.05) is 31.2 Å². The number of anilines is 1. The first-order valence-corrected chi connectivity index (χ1v) is 8.90. The van der Waals surface area contributed by atoms with Crippen molar-refractivity contribution in [1.82, 2.24) is 14.7 Å². The molecule has 3 rings (SSSR count). The SMILES string of the molecule is CCC(C)n1nccc1NC(=O)CC1c2ccccc2C=CN1C(C)=O. The van der Waals surface area contributed by atoms with E-state index in [-0.39, 0.29) is 30.3 Å². The van der Waals surface area contributed by atoms with Crippen LogP contribution in [-0.2, 0) is 9.59 Å². The van der Waals surface area contributed by atoms with Gasteiger partial charge in [0.2, 0.25) is 11.8 Å². The van der Waals surface area contributed by atoms with Crippen molar-refractivity contribution in [3.05, 3.63) is 53.9 Å². The van der Waals surface area contributed by atoms with Gasteiger partial charge in [-0.2, -0.15) is 5.10 Å². The fourth-order valence-corrected chi connectivity index (χ4v) is 3.22. The fourth-order valence-electron chi connectivity index (χ4n) is 3.22. The van der Waals surface area contributed by atoms with Gasteiger partial charge >= 0.3 is 0 Å². The molecule has 1 N–H and O–H groups in total. The Kier molecular flexibility index (Phi) is 5.21. The normalized spacial score (nSPS) is 16.9. The highest BCUT2D eigenvalue weighted by molar-refractivity contribution is 5.91. The van der Waals surface area contributed by atoms with Crippen LogP contribution in [-0.4, -0.2) is 26.5 Å². The van der Waals surface area contributed by atoms with Gasteiger partial charge in [0.25, 0.3) is 0 Å². The Morgan fingerprint density at radius 2 is 2.04 bits per heavy atom. The maximum Gasteiger partial charge on any atom is 0.227 e. The number of carbonyl (C=O) groups excluding carboxylic acids is 2. The fraction of sp³-hybridized carbons (Fsp3) is 0.350. The second kappa shape index (κ2) is 7.56. The lowest BCUT2D eigenvalue weighted by Crippen LogP contribution is -2.33. The third kappa shape index (κ3) is 3.54. The highest BCUT2D eigenvalue weighted by Crippen LogP contribution is 2.33. The standard InChI is InChI=1S/C20H24N4O2/c1-4-14(2)24-19(9-11-21-24)22-20(26)13-18-17-8-6-5-7-16(17)10-12-23(18)15(3)25/h5-12,14,18H,4,13H2,1-3H3,(H,22,26). The van der Waals surface area contributed by atoms with Crippen LogP contribution in [0, 0.1) is 0 Å². The van der Waals surface area contributed by atoms with Crippen molar-refractivity contribution in [1.29, 1.82) is 0 Å². The molecule has 0 bridgehead atoms. The summed E-state index contributed by atoms with van der Waals surface area (Å²) in [5.41, 5.74) is 2.02. The third-order valence-corrected chi connectivity index (χ3v) is 4.79. The Morgan fingerprint density at radius 3 is 2.77 bits per heavy atom. The van der Waals surface area contributed by atoms with Crippen LogP contribution in [0.25, 0.3) is 6.08 Å². The molecule has 0 fully saturated rings. The molecule has 2 amide bonds. The van der Waals surface area contributed by atoms with Gasteiger partial charge in [0, 0.05) is 19.2 Å². The quantitative estimate of drug-likeness (QED) is 0.891. The Labute approximate surface area is 153 Å². The molecule has 6 heteroatoms. The molecule has 2 heterocycles. The summed E-state index contributed by atoms with van der Waals surface area (Å²) in [4.78, 5) is 26.4. The first-order chi connectivity index (χ1) is 12.5. The molecule has 2 atom stereocenters. The molecule has 136 valence electrons. The van der Waals surface area contributed by atoms with Gasteiger partial charge in [0.1, 0.15) is 5.82 Å². The summed E-state index contributed by atoms with van der Waals surface area (Å²) < 4.78 is 1.81. The number of benzene rings is 1. The number of nitrogens with zero attached hydrogens (tertiary/aromatic N) is 3. The molecule has 1 aromatic heterocycles. The summed E-state index contributed by atoms with van der Waals surface area (Å²) in [6, 6.07) is 9.53. The molecule has 26 heavy (non-hydrogen) atoms. The molecule has 0 radical (unpaired) electrons. The van der Waals surface area contributed by atoms with Gasteiger partial charge in [0.15, 0.2) is 0 Å². The molecule has 0 spiro atoms. The third-order valence-electron chi connectivity index (χ3n) is 4.79. The molecule has 0 saturated carbocycles. The summed E-state index contributed by atoms with van der Waals surface area (Å²) in [5.74, 6) is 0.452. The summed E-state index contributed by atoms with van der Waals surface area (Å²) in [7, 11) is 0. The first-order valence-electron chi connectivity index (χ1n) is 8.90. The minimum absolute atomic E-state index is 0.0850. The van der Waals surface area contributed by atoms with Gasteiger partial charge in [-0.15, -0.1) is 0 Å². The van der Waals surface area contributed by atoms with Crippen molar-refractivity contribution in [3.8, 4) is 0 Å². The Bertz CT molecular complexity index is 840. The average molecular weight is 352 g/mol. The lowest BCUT2D eigenvalue weighted by atomic mass is 9.93. The van der Waals surface area contributed by atoms with Crippen LogP contribution in [0.1, 0.15) is 56.8 Å². The molecule has 2 unspecified atom stereocenters. The average Bonchev–Trinajstić information content (AvgIpc) is 3.09. The largest absolute Gasteiger partial charge is 0.311 e. The lowest BCUT2D eigenvalue weighted by Gasteiger charge is -2.32. The van der Waals surface area contributed by atoms with Crippen molar-refractivity contribution in [2.75, 3.05) is 5.32 Å². The van der Waals surface area contributed by atoms with E-state index < -0.39 is 0 Å². The van der Waals surface area contributed by atoms with Crippen molar-refractivity contribution in [2.45, 2.75) is 45.7 Å². The van der Waals surface area contributed by atoms with E-state index in [0.29, 0.717) is 5.82 Å². The minimum Gasteiger partial charge on any atom is -0.311 e. The van der Waals surface area contributed by atoms with E-state index in [4.69, 9.17) is 0 Å². The van der Waals surface area contributed by atoms with E-state index in [0.717, 1.165) is 17.5 Å². The maximum atomic E-state index is 12.7. The topological polar surface area (TPSA) is 67.2 Å². The van der Waals surface area contributed by atoms with Gasteiger partial charge in [0.05, 0.1) is 24.7 Å². The van der Waals surface area contributed by atoms with Crippen LogP contribution in [0.15, 0.2) is 42.7 Å². The smallest absolute Gasteiger partial charge is 0.227 e. The van der Waals surface area contributed by atoms with Crippen molar-refractivity contribution in [3.63, 3.8) is 0 Å². The highest BCUT2D eigenvalue weighted by Gasteiger charge is 2.28. The van der Waals surface area contributed by atoms with E-state index in [1.807, 2.05) is 35.0 Å². The van der Waals surface area contributed by atoms with E-state index in [1.165, 1.54) is 6.92 Å². The van der Waals surface area contributed by atoms with E-state index in [1.54, 1.807) is 23.4 Å². The van der Waals surface area contributed by atoms with Crippen molar-refractivity contribution >= 4 is 23.7 Å². The number of hydrogen-bond donors (Lipinski definition) is 1. The number of aromatic nitrogens is 2. The summed E-state index contributed by atoms with van der Waals surface area (Å²) in [6.07, 6.45) is 6.45.